The maximum atomic E-state index is 2.42. The summed E-state index contributed by atoms with van der Waals surface area (Å²) in [7, 11) is 2.42. The number of benzene rings is 1. The number of hydrogen-bond acceptors (Lipinski definition) is 0. The number of hydrogen-bond donors (Lipinski definition) is 0. The molecule has 1 aliphatic heterocycles. The van der Waals surface area contributed by atoms with E-state index in [1.807, 2.05) is 0 Å². The molecule has 2 aliphatic rings. The van der Waals surface area contributed by atoms with Gasteiger partial charge in [0.15, 0.2) is 0 Å². The minimum Gasteiger partial charge on any atom is -1.00 e. The highest BCUT2D eigenvalue weighted by Gasteiger charge is 2.48. The molecule has 0 amide bonds. The normalized spacial score (nSPS) is 30.4. The average molecular weight is 343 g/mol. The van der Waals surface area contributed by atoms with Gasteiger partial charge in [0.25, 0.3) is 0 Å². The Labute approximate surface area is 122 Å². The molecule has 0 N–H and O–H groups in total. The molecule has 94 valence electrons. The molecule has 1 atom stereocenters. The van der Waals surface area contributed by atoms with Crippen LogP contribution in [0, 0.1) is 5.41 Å². The third kappa shape index (κ3) is 2.39. The highest BCUT2D eigenvalue weighted by atomic mass is 127. The van der Waals surface area contributed by atoms with E-state index in [4.69, 9.17) is 0 Å². The van der Waals surface area contributed by atoms with Gasteiger partial charge in [-0.25, -0.2) is 0 Å². The molecule has 1 spiro atoms. The Bertz CT molecular complexity index is 370. The Morgan fingerprint density at radius 1 is 1.00 bits per heavy atom. The molecule has 1 aromatic rings. The summed E-state index contributed by atoms with van der Waals surface area (Å²) in [5.74, 6) is 0. The minimum atomic E-state index is 0. The zero-order chi connectivity index (χ0) is 11.1. The first-order valence-electron chi connectivity index (χ1n) is 6.63. The Kier molecular flexibility index (Phi) is 3.83. The van der Waals surface area contributed by atoms with Crippen LogP contribution in [0.3, 0.4) is 0 Å². The first-order chi connectivity index (χ1) is 7.73. The summed E-state index contributed by atoms with van der Waals surface area (Å²) in [5, 5.41) is 0. The van der Waals surface area contributed by atoms with Crippen molar-refractivity contribution in [2.45, 2.75) is 32.1 Å². The molecule has 1 saturated carbocycles. The van der Waals surface area contributed by atoms with Gasteiger partial charge in [-0.2, -0.15) is 0 Å². The first-order valence-corrected chi connectivity index (χ1v) is 6.63. The van der Waals surface area contributed by atoms with E-state index in [0.29, 0.717) is 5.41 Å². The number of likely N-dealkylation sites (tertiary alicyclic amines) is 1. The Morgan fingerprint density at radius 2 is 1.65 bits per heavy atom. The molecule has 1 aromatic carbocycles. The van der Waals surface area contributed by atoms with Crippen molar-refractivity contribution in [3.63, 3.8) is 0 Å². The fraction of sp³-hybridized carbons (Fsp3) is 0.600. The van der Waals surface area contributed by atoms with Crippen molar-refractivity contribution in [2.24, 2.45) is 5.41 Å². The van der Waals surface area contributed by atoms with Crippen molar-refractivity contribution < 1.29 is 24.0 Å². The zero-order valence-corrected chi connectivity index (χ0v) is 12.8. The fourth-order valence-corrected chi connectivity index (χ4v) is 3.92. The van der Waals surface area contributed by atoms with Gasteiger partial charge in [0, 0.05) is 11.8 Å². The van der Waals surface area contributed by atoms with E-state index >= 15 is 0 Å². The van der Waals surface area contributed by atoms with Crippen molar-refractivity contribution in [3.05, 3.63) is 30.3 Å². The molecule has 1 heterocycles. The second-order valence-electron chi connectivity index (χ2n) is 6.07. The summed E-state index contributed by atoms with van der Waals surface area (Å²) < 4.78 is 1.17. The van der Waals surface area contributed by atoms with Crippen LogP contribution < -0.4 is 28.5 Å². The Morgan fingerprint density at radius 3 is 2.29 bits per heavy atom. The van der Waals surface area contributed by atoms with Gasteiger partial charge in [-0.05, 0) is 25.0 Å². The van der Waals surface area contributed by atoms with E-state index in [1.165, 1.54) is 55.4 Å². The van der Waals surface area contributed by atoms with Crippen LogP contribution in [0.25, 0.3) is 0 Å². The zero-order valence-electron chi connectivity index (χ0n) is 10.7. The van der Waals surface area contributed by atoms with Gasteiger partial charge in [-0.3, -0.25) is 4.48 Å². The lowest BCUT2D eigenvalue weighted by molar-refractivity contribution is -0.00000369. The number of nitrogens with zero attached hydrogens (tertiary/aromatic N) is 1. The van der Waals surface area contributed by atoms with E-state index in [0.717, 1.165) is 0 Å². The summed E-state index contributed by atoms with van der Waals surface area (Å²) in [6, 6.07) is 11.1. The van der Waals surface area contributed by atoms with E-state index in [-0.39, 0.29) is 24.0 Å². The Hall–Kier alpha value is -0.0900. The number of halogens is 1. The lowest BCUT2D eigenvalue weighted by atomic mass is 9.85. The predicted molar refractivity (Wildman–Crippen MR) is 69.4 cm³/mol. The number of para-hydroxylation sites is 1. The van der Waals surface area contributed by atoms with E-state index in [9.17, 15) is 0 Å². The second-order valence-corrected chi connectivity index (χ2v) is 6.07. The van der Waals surface area contributed by atoms with Crippen LogP contribution in [-0.2, 0) is 0 Å². The smallest absolute Gasteiger partial charge is 0.132 e. The molecule has 0 aromatic heterocycles. The lowest BCUT2D eigenvalue weighted by Gasteiger charge is -2.31. The van der Waals surface area contributed by atoms with Gasteiger partial charge in [0.1, 0.15) is 5.69 Å². The van der Waals surface area contributed by atoms with Crippen LogP contribution in [0.1, 0.15) is 32.1 Å². The minimum absolute atomic E-state index is 0. The van der Waals surface area contributed by atoms with Gasteiger partial charge in [0.05, 0.1) is 20.1 Å². The van der Waals surface area contributed by atoms with Crippen LogP contribution in [0.15, 0.2) is 30.3 Å². The second kappa shape index (κ2) is 4.88. The van der Waals surface area contributed by atoms with E-state index in [1.54, 1.807) is 0 Å². The third-order valence-electron chi connectivity index (χ3n) is 4.86. The maximum absolute atomic E-state index is 2.42. The van der Waals surface area contributed by atoms with Crippen LogP contribution in [0.2, 0.25) is 0 Å². The number of rotatable bonds is 1. The highest BCUT2D eigenvalue weighted by molar-refractivity contribution is 5.43. The monoisotopic (exact) mass is 343 g/mol. The van der Waals surface area contributed by atoms with E-state index in [2.05, 4.69) is 37.4 Å². The summed E-state index contributed by atoms with van der Waals surface area (Å²) in [6.07, 6.45) is 7.34. The van der Waals surface area contributed by atoms with Gasteiger partial charge in [-0.1, -0.05) is 31.0 Å². The predicted octanol–water partition coefficient (Wildman–Crippen LogP) is 0.592. The quantitative estimate of drug-likeness (QED) is 0.517. The molecule has 1 unspecified atom stereocenters. The average Bonchev–Trinajstić information content (AvgIpc) is 2.90. The standard InChI is InChI=1S/C15H22N.HI/c1-16(14-7-3-2-4-8-14)12-11-15(13-16)9-5-6-10-15;/h2-4,7-8H,5-6,9-13H2,1H3;1H/q+1;/p-1. The summed E-state index contributed by atoms with van der Waals surface area (Å²) in [6.45, 7) is 2.71. The third-order valence-corrected chi connectivity index (χ3v) is 4.86. The van der Waals surface area contributed by atoms with Crippen LogP contribution in [0.4, 0.5) is 5.69 Å². The maximum Gasteiger partial charge on any atom is 0.132 e. The summed E-state index contributed by atoms with van der Waals surface area (Å²) in [5.41, 5.74) is 2.20. The molecule has 0 bridgehead atoms. The molecule has 1 aliphatic carbocycles. The van der Waals surface area contributed by atoms with Crippen molar-refractivity contribution >= 4 is 5.69 Å². The van der Waals surface area contributed by atoms with Crippen molar-refractivity contribution in [1.82, 2.24) is 4.48 Å². The number of quaternary nitrogens is 1. The summed E-state index contributed by atoms with van der Waals surface area (Å²) in [4.78, 5) is 0. The molecule has 1 saturated heterocycles. The van der Waals surface area contributed by atoms with Crippen LogP contribution in [-0.4, -0.2) is 20.1 Å². The topological polar surface area (TPSA) is 0 Å². The largest absolute Gasteiger partial charge is 1.00 e. The Balaban J connectivity index is 0.00000108. The molecule has 17 heavy (non-hydrogen) atoms. The molecule has 2 heteroatoms. The van der Waals surface area contributed by atoms with Gasteiger partial charge >= 0.3 is 0 Å². The highest BCUT2D eigenvalue weighted by Crippen LogP contribution is 2.48. The van der Waals surface area contributed by atoms with E-state index < -0.39 is 0 Å². The van der Waals surface area contributed by atoms with Crippen molar-refractivity contribution in [3.8, 4) is 0 Å². The molecule has 2 fully saturated rings. The molecular weight excluding hydrogens is 321 g/mol. The lowest BCUT2D eigenvalue weighted by Crippen LogP contribution is -3.00. The van der Waals surface area contributed by atoms with Gasteiger partial charge in [-0.15, -0.1) is 0 Å². The van der Waals surface area contributed by atoms with Gasteiger partial charge < -0.3 is 24.0 Å². The van der Waals surface area contributed by atoms with Crippen molar-refractivity contribution in [2.75, 3.05) is 20.1 Å². The molecule has 0 radical (unpaired) electrons. The SMILES string of the molecule is C[N+]1(c2ccccc2)CCC2(CCCC2)C1.[I-]. The van der Waals surface area contributed by atoms with Crippen LogP contribution >= 0.6 is 0 Å². The molecule has 3 rings (SSSR count). The van der Waals surface area contributed by atoms with Gasteiger partial charge in [0.2, 0.25) is 0 Å². The van der Waals surface area contributed by atoms with Crippen molar-refractivity contribution in [1.29, 1.82) is 0 Å². The molecular formula is C15H22IN. The first kappa shape index (κ1) is 13.3. The fourth-order valence-electron chi connectivity index (χ4n) is 3.92. The van der Waals surface area contributed by atoms with Crippen LogP contribution in [0.5, 0.6) is 0 Å². The molecule has 1 nitrogen and oxygen atoms in total. The summed E-state index contributed by atoms with van der Waals surface area (Å²) >= 11 is 0.